The van der Waals surface area contributed by atoms with E-state index in [2.05, 4.69) is 9.71 Å². The van der Waals surface area contributed by atoms with Crippen molar-refractivity contribution < 1.29 is 8.42 Å². The summed E-state index contributed by atoms with van der Waals surface area (Å²) in [7, 11) is -3.59. The van der Waals surface area contributed by atoms with Gasteiger partial charge < -0.3 is 4.40 Å². The van der Waals surface area contributed by atoms with Gasteiger partial charge in [-0.15, -0.1) is 0 Å². The summed E-state index contributed by atoms with van der Waals surface area (Å²) in [6.45, 7) is 1.91. The lowest BCUT2D eigenvalue weighted by Crippen LogP contribution is -2.14. The van der Waals surface area contributed by atoms with Crippen LogP contribution in [0.4, 0.5) is 5.69 Å². The third-order valence-corrected chi connectivity index (χ3v) is 5.83. The number of hydrogen-bond acceptors (Lipinski definition) is 3. The van der Waals surface area contributed by atoms with Gasteiger partial charge in [0.25, 0.3) is 10.0 Å². The highest BCUT2D eigenvalue weighted by Gasteiger charge is 2.18. The number of sulfonamides is 1. The van der Waals surface area contributed by atoms with E-state index in [1.54, 1.807) is 24.4 Å². The molecule has 124 valence electrons. The lowest BCUT2D eigenvalue weighted by molar-refractivity contribution is 0.600. The van der Waals surface area contributed by atoms with Gasteiger partial charge in [-0.2, -0.15) is 0 Å². The van der Waals surface area contributed by atoms with E-state index in [9.17, 15) is 8.42 Å². The number of pyridine rings is 1. The fourth-order valence-electron chi connectivity index (χ4n) is 3.27. The van der Waals surface area contributed by atoms with E-state index in [1.807, 2.05) is 29.7 Å². The molecule has 2 aromatic heterocycles. The van der Waals surface area contributed by atoms with E-state index in [0.717, 1.165) is 36.2 Å². The van der Waals surface area contributed by atoms with Crippen LogP contribution in [0.15, 0.2) is 47.6 Å². The smallest absolute Gasteiger partial charge is 0.261 e. The van der Waals surface area contributed by atoms with E-state index in [4.69, 9.17) is 0 Å². The number of aromatic nitrogens is 2. The molecule has 1 aliphatic rings. The fraction of sp³-hybridized carbons (Fsp3) is 0.278. The van der Waals surface area contributed by atoms with Gasteiger partial charge in [0.1, 0.15) is 5.65 Å². The van der Waals surface area contributed by atoms with E-state index >= 15 is 0 Å². The first-order valence-electron chi connectivity index (χ1n) is 8.11. The summed E-state index contributed by atoms with van der Waals surface area (Å²) in [5.74, 6) is 0. The number of anilines is 1. The van der Waals surface area contributed by atoms with Gasteiger partial charge in [-0.05, 0) is 68.0 Å². The number of imidazole rings is 1. The average molecular weight is 341 g/mol. The molecule has 4 rings (SSSR count). The zero-order chi connectivity index (χ0) is 16.7. The second kappa shape index (κ2) is 5.63. The van der Waals surface area contributed by atoms with Crippen LogP contribution in [-0.2, 0) is 22.9 Å². The summed E-state index contributed by atoms with van der Waals surface area (Å²) in [4.78, 5) is 4.67. The molecule has 0 radical (unpaired) electrons. The SMILES string of the molecule is Cc1cn2cc(NS(=O)(=O)c3ccc4c(c3)CCCC4)ccc2n1. The van der Waals surface area contributed by atoms with Crippen LogP contribution in [0.25, 0.3) is 5.65 Å². The Morgan fingerprint density at radius 2 is 1.83 bits per heavy atom. The van der Waals surface area contributed by atoms with Crippen molar-refractivity contribution in [3.63, 3.8) is 0 Å². The highest BCUT2D eigenvalue weighted by atomic mass is 32.2. The largest absolute Gasteiger partial charge is 0.305 e. The molecule has 0 aliphatic heterocycles. The van der Waals surface area contributed by atoms with Crippen molar-refractivity contribution in [1.29, 1.82) is 0 Å². The number of aryl methyl sites for hydroxylation is 3. The molecule has 24 heavy (non-hydrogen) atoms. The van der Waals surface area contributed by atoms with Crippen molar-refractivity contribution in [2.75, 3.05) is 4.72 Å². The van der Waals surface area contributed by atoms with Crippen LogP contribution >= 0.6 is 0 Å². The Hall–Kier alpha value is -2.34. The number of fused-ring (bicyclic) bond motifs is 2. The first-order chi connectivity index (χ1) is 11.5. The Balaban J connectivity index is 1.66. The van der Waals surface area contributed by atoms with Crippen molar-refractivity contribution in [2.24, 2.45) is 0 Å². The topological polar surface area (TPSA) is 63.5 Å². The first-order valence-corrected chi connectivity index (χ1v) is 9.60. The lowest BCUT2D eigenvalue weighted by Gasteiger charge is -2.17. The molecule has 0 atom stereocenters. The Labute approximate surface area is 141 Å². The molecular weight excluding hydrogens is 322 g/mol. The molecule has 0 spiro atoms. The predicted molar refractivity (Wildman–Crippen MR) is 93.8 cm³/mol. The molecule has 1 N–H and O–H groups in total. The van der Waals surface area contributed by atoms with Crippen LogP contribution in [0.1, 0.15) is 29.7 Å². The minimum absolute atomic E-state index is 0.324. The second-order valence-electron chi connectivity index (χ2n) is 6.31. The number of nitrogens with one attached hydrogen (secondary N) is 1. The minimum Gasteiger partial charge on any atom is -0.305 e. The summed E-state index contributed by atoms with van der Waals surface area (Å²) in [6.07, 6.45) is 7.91. The van der Waals surface area contributed by atoms with Crippen molar-refractivity contribution in [2.45, 2.75) is 37.5 Å². The third kappa shape index (κ3) is 2.78. The van der Waals surface area contributed by atoms with Gasteiger partial charge in [0.2, 0.25) is 0 Å². The Morgan fingerprint density at radius 1 is 1.04 bits per heavy atom. The molecule has 3 aromatic rings. The van der Waals surface area contributed by atoms with Crippen LogP contribution in [-0.4, -0.2) is 17.8 Å². The first kappa shape index (κ1) is 15.2. The van der Waals surface area contributed by atoms with E-state index in [0.29, 0.717) is 10.6 Å². The number of nitrogens with zero attached hydrogens (tertiary/aromatic N) is 2. The standard InChI is InChI=1S/C18H19N3O2S/c1-13-11-21-12-16(7-9-18(21)19-13)20-24(22,23)17-8-6-14-4-2-3-5-15(14)10-17/h6-12,20H,2-5H2,1H3. The van der Waals surface area contributed by atoms with Crippen molar-refractivity contribution in [1.82, 2.24) is 9.38 Å². The van der Waals surface area contributed by atoms with Crippen LogP contribution in [0.2, 0.25) is 0 Å². The molecule has 0 saturated heterocycles. The Bertz CT molecular complexity index is 1020. The summed E-state index contributed by atoms with van der Waals surface area (Å²) >= 11 is 0. The van der Waals surface area contributed by atoms with Crippen LogP contribution in [0.3, 0.4) is 0 Å². The molecule has 0 fully saturated rings. The molecule has 0 bridgehead atoms. The maximum atomic E-state index is 12.7. The van der Waals surface area contributed by atoms with Gasteiger partial charge in [0.15, 0.2) is 0 Å². The third-order valence-electron chi connectivity index (χ3n) is 4.45. The Kier molecular flexibility index (Phi) is 3.57. The molecular formula is C18H19N3O2S. The second-order valence-corrected chi connectivity index (χ2v) is 7.99. The van der Waals surface area contributed by atoms with Crippen molar-refractivity contribution in [3.8, 4) is 0 Å². The lowest BCUT2D eigenvalue weighted by atomic mass is 9.92. The molecule has 1 aliphatic carbocycles. The van der Waals surface area contributed by atoms with E-state index < -0.39 is 10.0 Å². The summed E-state index contributed by atoms with van der Waals surface area (Å²) < 4.78 is 29.9. The van der Waals surface area contributed by atoms with Gasteiger partial charge >= 0.3 is 0 Å². The average Bonchev–Trinajstić information content (AvgIpc) is 2.93. The molecule has 0 amide bonds. The Morgan fingerprint density at radius 3 is 2.67 bits per heavy atom. The highest BCUT2D eigenvalue weighted by molar-refractivity contribution is 7.92. The van der Waals surface area contributed by atoms with Gasteiger partial charge in [0, 0.05) is 12.4 Å². The summed E-state index contributed by atoms with van der Waals surface area (Å²) in [5, 5.41) is 0. The number of rotatable bonds is 3. The number of hydrogen-bond donors (Lipinski definition) is 1. The minimum atomic E-state index is -3.59. The van der Waals surface area contributed by atoms with Crippen molar-refractivity contribution >= 4 is 21.4 Å². The van der Waals surface area contributed by atoms with Crippen LogP contribution in [0, 0.1) is 6.92 Å². The van der Waals surface area contributed by atoms with Crippen LogP contribution < -0.4 is 4.72 Å². The zero-order valence-electron chi connectivity index (χ0n) is 13.5. The van der Waals surface area contributed by atoms with Gasteiger partial charge in [-0.25, -0.2) is 13.4 Å². The van der Waals surface area contributed by atoms with Crippen molar-refractivity contribution in [3.05, 3.63) is 59.5 Å². The molecule has 5 nitrogen and oxygen atoms in total. The van der Waals surface area contributed by atoms with E-state index in [1.165, 1.54) is 12.0 Å². The normalized spacial score (nSPS) is 14.5. The molecule has 6 heteroatoms. The monoisotopic (exact) mass is 341 g/mol. The van der Waals surface area contributed by atoms with Gasteiger partial charge in [0.05, 0.1) is 16.3 Å². The molecule has 0 saturated carbocycles. The predicted octanol–water partition coefficient (Wildman–Crippen LogP) is 3.32. The van der Waals surface area contributed by atoms with Crippen LogP contribution in [0.5, 0.6) is 0 Å². The van der Waals surface area contributed by atoms with Gasteiger partial charge in [-0.1, -0.05) is 6.07 Å². The maximum Gasteiger partial charge on any atom is 0.261 e. The quantitative estimate of drug-likeness (QED) is 0.795. The number of benzene rings is 1. The molecule has 1 aromatic carbocycles. The fourth-order valence-corrected chi connectivity index (χ4v) is 4.36. The maximum absolute atomic E-state index is 12.7. The zero-order valence-corrected chi connectivity index (χ0v) is 14.3. The molecule has 2 heterocycles. The van der Waals surface area contributed by atoms with Gasteiger partial charge in [-0.3, -0.25) is 4.72 Å². The van der Waals surface area contributed by atoms with E-state index in [-0.39, 0.29) is 0 Å². The molecule has 0 unspecified atom stereocenters. The summed E-state index contributed by atoms with van der Waals surface area (Å²) in [6, 6.07) is 9.00. The summed E-state index contributed by atoms with van der Waals surface area (Å²) in [5.41, 5.74) is 4.65. The highest BCUT2D eigenvalue weighted by Crippen LogP contribution is 2.25.